The molecule has 0 saturated heterocycles. The van der Waals surface area contributed by atoms with E-state index in [4.69, 9.17) is 0 Å². The van der Waals surface area contributed by atoms with Gasteiger partial charge in [0.05, 0.1) is 0 Å². The van der Waals surface area contributed by atoms with Crippen LogP contribution in [0.15, 0.2) is 0 Å². The lowest BCUT2D eigenvalue weighted by Gasteiger charge is -2.30. The number of hydrogen-bond donors (Lipinski definition) is 3. The molecule has 2 bridgehead atoms. The number of hydrogen-bond acceptors (Lipinski definition) is 3. The molecule has 0 aromatic heterocycles. The molecule has 4 unspecified atom stereocenters. The molecule has 2 rings (SSSR count). The zero-order chi connectivity index (χ0) is 13.0. The van der Waals surface area contributed by atoms with Crippen LogP contribution in [0.1, 0.15) is 25.7 Å². The van der Waals surface area contributed by atoms with Gasteiger partial charge in [-0.05, 0) is 49.5 Å². The molecule has 0 aliphatic heterocycles. The summed E-state index contributed by atoms with van der Waals surface area (Å²) in [6.45, 7) is 0.940. The van der Waals surface area contributed by atoms with Gasteiger partial charge in [0.2, 0.25) is 0 Å². The van der Waals surface area contributed by atoms with E-state index in [9.17, 15) is 9.90 Å². The summed E-state index contributed by atoms with van der Waals surface area (Å²) in [6, 6.07) is 0.126. The Labute approximate surface area is 113 Å². The van der Waals surface area contributed by atoms with Gasteiger partial charge in [-0.2, -0.15) is 11.8 Å². The summed E-state index contributed by atoms with van der Waals surface area (Å²) in [5.41, 5.74) is 0. The molecule has 2 amide bonds. The number of thioether (sulfide) groups is 1. The molecular weight excluding hydrogens is 248 g/mol. The van der Waals surface area contributed by atoms with Crippen molar-refractivity contribution in [2.24, 2.45) is 17.8 Å². The first kappa shape index (κ1) is 14.0. The lowest BCUT2D eigenvalue weighted by Crippen LogP contribution is -2.49. The fourth-order valence-electron chi connectivity index (χ4n) is 3.52. The van der Waals surface area contributed by atoms with Gasteiger partial charge in [0.25, 0.3) is 0 Å². The number of nitrogens with one attached hydrogen (secondary N) is 2. The molecule has 18 heavy (non-hydrogen) atoms. The second-order valence-corrected chi connectivity index (χ2v) is 6.44. The second kappa shape index (κ2) is 6.66. The van der Waals surface area contributed by atoms with E-state index in [1.165, 1.54) is 19.3 Å². The number of amides is 2. The van der Waals surface area contributed by atoms with E-state index in [0.717, 1.165) is 18.7 Å². The first-order valence-electron chi connectivity index (χ1n) is 6.90. The average molecular weight is 272 g/mol. The van der Waals surface area contributed by atoms with E-state index in [0.29, 0.717) is 11.8 Å². The molecule has 3 N–H and O–H groups in total. The fourth-order valence-corrected chi connectivity index (χ4v) is 3.95. The summed E-state index contributed by atoms with van der Waals surface area (Å²) in [5.74, 6) is 2.57. The predicted octanol–water partition coefficient (Wildman–Crippen LogP) is 1.45. The number of carbonyl (C=O) groups excluding carboxylic acids is 1. The molecule has 0 heterocycles. The average Bonchev–Trinajstić information content (AvgIpc) is 2.95. The molecule has 0 radical (unpaired) electrons. The van der Waals surface area contributed by atoms with Crippen molar-refractivity contribution in [3.63, 3.8) is 0 Å². The predicted molar refractivity (Wildman–Crippen MR) is 74.7 cm³/mol. The highest BCUT2D eigenvalue weighted by molar-refractivity contribution is 7.98. The minimum atomic E-state index is -0.0629. The highest BCUT2D eigenvalue weighted by Gasteiger charge is 2.47. The van der Waals surface area contributed by atoms with E-state index in [1.807, 2.05) is 0 Å². The van der Waals surface area contributed by atoms with Crippen LogP contribution >= 0.6 is 11.8 Å². The maximum Gasteiger partial charge on any atom is 0.315 e. The molecule has 4 nitrogen and oxygen atoms in total. The summed E-state index contributed by atoms with van der Waals surface area (Å²) in [4.78, 5) is 11.8. The highest BCUT2D eigenvalue weighted by atomic mass is 32.2. The van der Waals surface area contributed by atoms with Crippen molar-refractivity contribution in [2.45, 2.75) is 31.7 Å². The van der Waals surface area contributed by atoms with E-state index in [-0.39, 0.29) is 24.6 Å². The van der Waals surface area contributed by atoms with Crippen molar-refractivity contribution in [1.82, 2.24) is 10.6 Å². The molecule has 0 spiro atoms. The number of aliphatic hydroxyl groups excluding tert-OH is 1. The first-order chi connectivity index (χ1) is 8.76. The van der Waals surface area contributed by atoms with Crippen LogP contribution in [0.3, 0.4) is 0 Å². The maximum atomic E-state index is 11.8. The third-order valence-electron chi connectivity index (χ3n) is 4.41. The van der Waals surface area contributed by atoms with Gasteiger partial charge in [-0.15, -0.1) is 0 Å². The van der Waals surface area contributed by atoms with Gasteiger partial charge in [0.15, 0.2) is 0 Å². The van der Waals surface area contributed by atoms with E-state index in [2.05, 4.69) is 16.9 Å². The third kappa shape index (κ3) is 3.12. The number of urea groups is 1. The van der Waals surface area contributed by atoms with Crippen LogP contribution in [-0.2, 0) is 0 Å². The molecule has 2 saturated carbocycles. The molecule has 104 valence electrons. The monoisotopic (exact) mass is 272 g/mol. The Morgan fingerprint density at radius 2 is 2.17 bits per heavy atom. The van der Waals surface area contributed by atoms with Crippen LogP contribution in [0.5, 0.6) is 0 Å². The molecule has 2 aliphatic carbocycles. The van der Waals surface area contributed by atoms with Gasteiger partial charge in [-0.3, -0.25) is 0 Å². The van der Waals surface area contributed by atoms with Gasteiger partial charge >= 0.3 is 6.03 Å². The van der Waals surface area contributed by atoms with Crippen LogP contribution in [0.25, 0.3) is 0 Å². The largest absolute Gasteiger partial charge is 0.396 e. The van der Waals surface area contributed by atoms with Crippen molar-refractivity contribution < 1.29 is 9.90 Å². The Hall–Kier alpha value is -0.420. The Morgan fingerprint density at radius 1 is 1.39 bits per heavy atom. The van der Waals surface area contributed by atoms with Crippen LogP contribution < -0.4 is 10.6 Å². The minimum absolute atomic E-state index is 0.0629. The minimum Gasteiger partial charge on any atom is -0.396 e. The van der Waals surface area contributed by atoms with Crippen LogP contribution in [-0.4, -0.2) is 42.3 Å². The van der Waals surface area contributed by atoms with Gasteiger partial charge < -0.3 is 15.7 Å². The zero-order valence-corrected chi connectivity index (χ0v) is 11.8. The van der Waals surface area contributed by atoms with E-state index in [1.54, 1.807) is 11.8 Å². The molecule has 2 aliphatic rings. The lowest BCUT2D eigenvalue weighted by molar-refractivity contribution is 0.144. The summed E-state index contributed by atoms with van der Waals surface area (Å²) < 4.78 is 0. The van der Waals surface area contributed by atoms with Crippen LogP contribution in [0, 0.1) is 17.8 Å². The topological polar surface area (TPSA) is 61.4 Å². The number of fused-ring (bicyclic) bond motifs is 2. The number of aliphatic hydroxyl groups is 1. The molecule has 0 aromatic carbocycles. The molecule has 2 fully saturated rings. The maximum absolute atomic E-state index is 11.8. The van der Waals surface area contributed by atoms with Crippen molar-refractivity contribution in [3.05, 3.63) is 0 Å². The summed E-state index contributed by atoms with van der Waals surface area (Å²) in [7, 11) is 0. The van der Waals surface area contributed by atoms with Crippen LogP contribution in [0.4, 0.5) is 4.79 Å². The second-order valence-electron chi connectivity index (χ2n) is 5.45. The van der Waals surface area contributed by atoms with E-state index < -0.39 is 0 Å². The standard InChI is InChI=1S/C13H24N2O2S/c1-18-6-2-5-14-13(17)15-12-10-4-3-9(7-10)11(12)8-16/h9-12,16H,2-8H2,1H3,(H2,14,15,17). The summed E-state index contributed by atoms with van der Waals surface area (Å²) in [5, 5.41) is 15.4. The molecule has 5 heteroatoms. The van der Waals surface area contributed by atoms with Gasteiger partial charge in [-0.1, -0.05) is 0 Å². The number of rotatable bonds is 6. The van der Waals surface area contributed by atoms with E-state index >= 15 is 0 Å². The van der Waals surface area contributed by atoms with Gasteiger partial charge in [0.1, 0.15) is 0 Å². The Morgan fingerprint density at radius 3 is 2.89 bits per heavy atom. The third-order valence-corrected chi connectivity index (χ3v) is 5.10. The Bertz CT molecular complexity index is 288. The van der Waals surface area contributed by atoms with Crippen molar-refractivity contribution >= 4 is 17.8 Å². The smallest absolute Gasteiger partial charge is 0.315 e. The van der Waals surface area contributed by atoms with Crippen molar-refractivity contribution in [1.29, 1.82) is 0 Å². The number of carbonyl (C=O) groups is 1. The lowest BCUT2D eigenvalue weighted by atomic mass is 9.85. The molecule has 0 aromatic rings. The highest BCUT2D eigenvalue weighted by Crippen LogP contribution is 2.48. The Kier molecular flexibility index (Phi) is 5.18. The molecular formula is C13H24N2O2S. The van der Waals surface area contributed by atoms with Crippen molar-refractivity contribution in [2.75, 3.05) is 25.2 Å². The SMILES string of the molecule is CSCCCNC(=O)NC1C2CCC(C2)C1CO. The Balaban J connectivity index is 1.73. The van der Waals surface area contributed by atoms with Crippen molar-refractivity contribution in [3.8, 4) is 0 Å². The van der Waals surface area contributed by atoms with Gasteiger partial charge in [0, 0.05) is 25.1 Å². The quantitative estimate of drug-likeness (QED) is 0.641. The summed E-state index contributed by atoms with van der Waals surface area (Å²) >= 11 is 1.80. The normalized spacial score (nSPS) is 33.7. The summed E-state index contributed by atoms with van der Waals surface area (Å²) in [6.07, 6.45) is 6.70. The van der Waals surface area contributed by atoms with Crippen LogP contribution in [0.2, 0.25) is 0 Å². The first-order valence-corrected chi connectivity index (χ1v) is 8.29. The fraction of sp³-hybridized carbons (Fsp3) is 0.923. The zero-order valence-electron chi connectivity index (χ0n) is 11.0. The molecule has 4 atom stereocenters. The van der Waals surface area contributed by atoms with Gasteiger partial charge in [-0.25, -0.2) is 4.79 Å².